The highest BCUT2D eigenvalue weighted by Gasteiger charge is 2.80. The highest BCUT2D eigenvalue weighted by atomic mass is 16.5. The topological polar surface area (TPSA) is 117 Å². The Labute approximate surface area is 219 Å². The number of fused-ring (bicyclic) bond motifs is 1. The van der Waals surface area contributed by atoms with E-state index in [1.807, 2.05) is 48.5 Å². The number of amides is 3. The molecule has 7 atom stereocenters. The summed E-state index contributed by atoms with van der Waals surface area (Å²) in [6.07, 6.45) is 0.482. The summed E-state index contributed by atoms with van der Waals surface area (Å²) in [5.41, 5.74) is -1.47. The van der Waals surface area contributed by atoms with Gasteiger partial charge in [-0.05, 0) is 70.2 Å². The van der Waals surface area contributed by atoms with Gasteiger partial charge in [0.2, 0.25) is 17.7 Å². The molecular formula is C28H41N3O6. The van der Waals surface area contributed by atoms with E-state index < -0.39 is 35.1 Å². The molecule has 0 aliphatic carbocycles. The third kappa shape index (κ3) is 4.30. The second-order valence-corrected chi connectivity index (χ2v) is 11.6. The molecule has 1 aromatic rings. The number of anilines is 1. The number of aliphatic hydroxyl groups is 1. The second kappa shape index (κ2) is 9.91. The molecule has 3 fully saturated rings. The summed E-state index contributed by atoms with van der Waals surface area (Å²) in [5.74, 6) is -2.00. The van der Waals surface area contributed by atoms with Gasteiger partial charge in [0.15, 0.2) is 0 Å². The molecule has 3 aliphatic rings. The number of aliphatic hydroxyl groups excluding tert-OH is 1. The lowest BCUT2D eigenvalue weighted by atomic mass is 9.62. The largest absolute Gasteiger partial charge is 0.494 e. The van der Waals surface area contributed by atoms with Crippen molar-refractivity contribution >= 4 is 23.4 Å². The molecule has 0 aromatic heterocycles. The van der Waals surface area contributed by atoms with Crippen LogP contribution >= 0.6 is 0 Å². The zero-order valence-corrected chi connectivity index (χ0v) is 22.9. The Morgan fingerprint density at radius 3 is 2.38 bits per heavy atom. The molecule has 3 N–H and O–H groups in total. The fourth-order valence-corrected chi connectivity index (χ4v) is 6.74. The molecule has 204 valence electrons. The minimum absolute atomic E-state index is 0.0615. The minimum Gasteiger partial charge on any atom is -0.494 e. The number of benzene rings is 1. The van der Waals surface area contributed by atoms with Gasteiger partial charge in [-0.3, -0.25) is 14.4 Å². The molecule has 3 amide bonds. The summed E-state index contributed by atoms with van der Waals surface area (Å²) in [5, 5.41) is 16.2. The lowest BCUT2D eigenvalue weighted by molar-refractivity contribution is -0.151. The van der Waals surface area contributed by atoms with E-state index >= 15 is 0 Å². The second-order valence-electron chi connectivity index (χ2n) is 11.6. The van der Waals surface area contributed by atoms with Crippen molar-refractivity contribution in [1.82, 2.24) is 10.2 Å². The third-order valence-corrected chi connectivity index (χ3v) is 8.46. The van der Waals surface area contributed by atoms with Crippen molar-refractivity contribution in [2.75, 3.05) is 18.5 Å². The van der Waals surface area contributed by atoms with Gasteiger partial charge >= 0.3 is 0 Å². The van der Waals surface area contributed by atoms with Crippen LogP contribution in [0.2, 0.25) is 0 Å². The Balaban J connectivity index is 1.74. The van der Waals surface area contributed by atoms with E-state index in [9.17, 15) is 19.5 Å². The number of rotatable bonds is 9. The molecule has 37 heavy (non-hydrogen) atoms. The van der Waals surface area contributed by atoms with Crippen LogP contribution in [0.3, 0.4) is 0 Å². The van der Waals surface area contributed by atoms with Gasteiger partial charge in [-0.1, -0.05) is 20.8 Å². The van der Waals surface area contributed by atoms with E-state index in [1.165, 1.54) is 4.90 Å². The maximum atomic E-state index is 14.2. The Bertz CT molecular complexity index is 1040. The summed E-state index contributed by atoms with van der Waals surface area (Å²) < 4.78 is 12.2. The number of likely N-dealkylation sites (tertiary alicyclic amines) is 1. The zero-order valence-electron chi connectivity index (χ0n) is 22.9. The predicted octanol–water partition coefficient (Wildman–Crippen LogP) is 2.58. The van der Waals surface area contributed by atoms with Crippen molar-refractivity contribution in [2.24, 2.45) is 23.7 Å². The number of carbonyl (C=O) groups is 3. The number of hydrogen-bond donors (Lipinski definition) is 3. The fourth-order valence-electron chi connectivity index (χ4n) is 6.74. The van der Waals surface area contributed by atoms with E-state index in [4.69, 9.17) is 9.47 Å². The fraction of sp³-hybridized carbons (Fsp3) is 0.679. The zero-order chi connectivity index (χ0) is 27.3. The third-order valence-electron chi connectivity index (χ3n) is 8.46. The number of nitrogens with zero attached hydrogens (tertiary/aromatic N) is 1. The number of ether oxygens (including phenoxy) is 2. The van der Waals surface area contributed by atoms with Crippen LogP contribution in [0.25, 0.3) is 0 Å². The van der Waals surface area contributed by atoms with Crippen molar-refractivity contribution in [2.45, 2.75) is 84.2 Å². The molecule has 0 radical (unpaired) electrons. The Morgan fingerprint density at radius 2 is 1.84 bits per heavy atom. The van der Waals surface area contributed by atoms with Crippen molar-refractivity contribution < 1.29 is 29.0 Å². The first-order valence-electron chi connectivity index (χ1n) is 13.4. The predicted molar refractivity (Wildman–Crippen MR) is 139 cm³/mol. The molecule has 3 unspecified atom stereocenters. The van der Waals surface area contributed by atoms with Gasteiger partial charge in [0.1, 0.15) is 17.4 Å². The Morgan fingerprint density at radius 1 is 1.19 bits per heavy atom. The van der Waals surface area contributed by atoms with Gasteiger partial charge < -0.3 is 30.1 Å². The van der Waals surface area contributed by atoms with Crippen LogP contribution in [0.15, 0.2) is 24.3 Å². The minimum atomic E-state index is -1.15. The molecule has 1 spiro atoms. The van der Waals surface area contributed by atoms with Crippen LogP contribution in [0.5, 0.6) is 5.75 Å². The summed E-state index contributed by atoms with van der Waals surface area (Å²) in [4.78, 5) is 43.2. The molecule has 2 bridgehead atoms. The van der Waals surface area contributed by atoms with Crippen LogP contribution in [0.1, 0.15) is 54.9 Å². The molecule has 4 rings (SSSR count). The van der Waals surface area contributed by atoms with E-state index in [0.29, 0.717) is 24.5 Å². The maximum absolute atomic E-state index is 14.2. The molecule has 9 nitrogen and oxygen atoms in total. The van der Waals surface area contributed by atoms with Crippen molar-refractivity contribution in [3.8, 4) is 5.75 Å². The van der Waals surface area contributed by atoms with Gasteiger partial charge in [-0.25, -0.2) is 0 Å². The van der Waals surface area contributed by atoms with E-state index in [2.05, 4.69) is 10.6 Å². The quantitative estimate of drug-likeness (QED) is 0.465. The lowest BCUT2D eigenvalue weighted by Gasteiger charge is -2.38. The molecule has 1 aromatic carbocycles. The standard InChI is InChI=1S/C28H41N3O6/c1-8-36-19-11-9-18(10-12-19)30-24(33)21-22-26(35)31(20(14-32)15(2)3)23(25(34)29-16(4)5)28(22)13-17(6)27(21,7)37-28/h9-12,15-17,20-23,32H,8,13-14H2,1-7H3,(H,29,34)(H,30,33)/t17?,20-,21+,22-,23?,27-,28?/m0/s1. The van der Waals surface area contributed by atoms with Crippen LogP contribution in [0.4, 0.5) is 5.69 Å². The van der Waals surface area contributed by atoms with Gasteiger partial charge in [0, 0.05) is 11.7 Å². The highest BCUT2D eigenvalue weighted by Crippen LogP contribution is 2.65. The monoisotopic (exact) mass is 515 g/mol. The van der Waals surface area contributed by atoms with Crippen LogP contribution in [-0.4, -0.2) is 70.3 Å². The lowest BCUT2D eigenvalue weighted by Crippen LogP contribution is -2.59. The first-order chi connectivity index (χ1) is 17.4. The van der Waals surface area contributed by atoms with Gasteiger partial charge in [-0.2, -0.15) is 0 Å². The summed E-state index contributed by atoms with van der Waals surface area (Å²) >= 11 is 0. The first kappa shape index (κ1) is 27.4. The average Bonchev–Trinajstić information content (AvgIpc) is 3.32. The summed E-state index contributed by atoms with van der Waals surface area (Å²) in [7, 11) is 0. The van der Waals surface area contributed by atoms with E-state index in [1.54, 1.807) is 24.3 Å². The molecule has 3 heterocycles. The number of hydrogen-bond acceptors (Lipinski definition) is 6. The molecule has 3 aliphatic heterocycles. The van der Waals surface area contributed by atoms with Gasteiger partial charge in [0.25, 0.3) is 0 Å². The van der Waals surface area contributed by atoms with Crippen molar-refractivity contribution in [3.05, 3.63) is 24.3 Å². The molecule has 3 saturated heterocycles. The number of nitrogens with one attached hydrogen (secondary N) is 2. The van der Waals surface area contributed by atoms with E-state index in [0.717, 1.165) is 0 Å². The van der Waals surface area contributed by atoms with Crippen LogP contribution in [-0.2, 0) is 19.1 Å². The average molecular weight is 516 g/mol. The van der Waals surface area contributed by atoms with Crippen molar-refractivity contribution in [1.29, 1.82) is 0 Å². The van der Waals surface area contributed by atoms with Gasteiger partial charge in [0.05, 0.1) is 36.7 Å². The Hall–Kier alpha value is -2.65. The Kier molecular flexibility index (Phi) is 7.33. The first-order valence-corrected chi connectivity index (χ1v) is 13.4. The SMILES string of the molecule is CCOc1ccc(NC(=O)[C@H]2[C@H]3C(=O)N([C@@H](CO)C(C)C)C(C(=O)NC(C)C)C34CC(C)[C@]2(C)O4)cc1. The van der Waals surface area contributed by atoms with Gasteiger partial charge in [-0.15, -0.1) is 0 Å². The molecule has 9 heteroatoms. The summed E-state index contributed by atoms with van der Waals surface area (Å²) in [6.45, 7) is 13.6. The van der Waals surface area contributed by atoms with Crippen molar-refractivity contribution in [3.63, 3.8) is 0 Å². The van der Waals surface area contributed by atoms with Crippen LogP contribution < -0.4 is 15.4 Å². The van der Waals surface area contributed by atoms with Crippen LogP contribution in [0, 0.1) is 23.7 Å². The smallest absolute Gasteiger partial charge is 0.246 e. The van der Waals surface area contributed by atoms with E-state index in [-0.39, 0.29) is 42.2 Å². The molecule has 0 saturated carbocycles. The summed E-state index contributed by atoms with van der Waals surface area (Å²) in [6, 6.07) is 5.45. The molecular weight excluding hydrogens is 474 g/mol. The maximum Gasteiger partial charge on any atom is 0.246 e. The normalized spacial score (nSPS) is 33.1. The highest BCUT2D eigenvalue weighted by molar-refractivity contribution is 6.02. The number of carbonyl (C=O) groups excluding carboxylic acids is 3.